The van der Waals surface area contributed by atoms with Crippen LogP contribution in [0, 0.1) is 0 Å². The number of rotatable bonds is 2. The number of nitrogen functional groups attached to an aromatic ring is 1. The first-order valence-corrected chi connectivity index (χ1v) is 7.26. The monoisotopic (exact) mass is 299 g/mol. The molecule has 0 amide bonds. The molecule has 1 saturated heterocycles. The number of carboxylic acids is 1. The van der Waals surface area contributed by atoms with Gasteiger partial charge in [0.2, 0.25) is 0 Å². The summed E-state index contributed by atoms with van der Waals surface area (Å²) in [6.07, 6.45) is 0. The van der Waals surface area contributed by atoms with Crippen molar-refractivity contribution in [2.24, 2.45) is 0 Å². The summed E-state index contributed by atoms with van der Waals surface area (Å²) in [4.78, 5) is 12.7. The molecule has 0 aliphatic carbocycles. The van der Waals surface area contributed by atoms with Gasteiger partial charge in [0.15, 0.2) is 0 Å². The highest BCUT2D eigenvalue weighted by atomic mass is 16.4. The number of anilines is 2. The second kappa shape index (κ2) is 8.05. The van der Waals surface area contributed by atoms with Gasteiger partial charge in [0.1, 0.15) is 0 Å². The number of aromatic carboxylic acids is 1. The van der Waals surface area contributed by atoms with E-state index in [-0.39, 0.29) is 5.56 Å². The summed E-state index contributed by atoms with van der Waals surface area (Å²) in [6.45, 7) is 4.47. The zero-order valence-electron chi connectivity index (χ0n) is 12.4. The highest BCUT2D eigenvalue weighted by molar-refractivity contribution is 5.87. The molecule has 1 aliphatic rings. The third kappa shape index (κ3) is 4.79. The molecular formula is C17H21N3O2. The predicted molar refractivity (Wildman–Crippen MR) is 89.3 cm³/mol. The van der Waals surface area contributed by atoms with Crippen molar-refractivity contribution in [1.29, 1.82) is 0 Å². The highest BCUT2D eigenvalue weighted by Crippen LogP contribution is 2.12. The maximum atomic E-state index is 10.3. The first-order valence-electron chi connectivity index (χ1n) is 7.26. The molecule has 1 heterocycles. The molecule has 0 unspecified atom stereocenters. The van der Waals surface area contributed by atoms with Crippen LogP contribution in [0.25, 0.3) is 0 Å². The van der Waals surface area contributed by atoms with Crippen LogP contribution in [0.2, 0.25) is 0 Å². The van der Waals surface area contributed by atoms with Gasteiger partial charge in [-0.05, 0) is 36.4 Å². The number of carbonyl (C=O) groups is 1. The molecule has 0 bridgehead atoms. The molecule has 5 nitrogen and oxygen atoms in total. The van der Waals surface area contributed by atoms with Crippen LogP contribution in [0.15, 0.2) is 54.6 Å². The van der Waals surface area contributed by atoms with Gasteiger partial charge in [0.05, 0.1) is 5.56 Å². The Morgan fingerprint density at radius 1 is 1.00 bits per heavy atom. The number of para-hydroxylation sites is 1. The van der Waals surface area contributed by atoms with Gasteiger partial charge < -0.3 is 21.1 Å². The molecule has 0 aromatic heterocycles. The largest absolute Gasteiger partial charge is 0.478 e. The van der Waals surface area contributed by atoms with Crippen molar-refractivity contribution in [2.75, 3.05) is 36.8 Å². The summed E-state index contributed by atoms with van der Waals surface area (Å²) in [5.41, 5.74) is 7.51. The fourth-order valence-corrected chi connectivity index (χ4v) is 2.19. The quantitative estimate of drug-likeness (QED) is 0.740. The average molecular weight is 299 g/mol. The van der Waals surface area contributed by atoms with Crippen molar-refractivity contribution in [2.45, 2.75) is 0 Å². The third-order valence-corrected chi connectivity index (χ3v) is 3.40. The standard InChI is InChI=1S/C10H14N2.C7H7NO2/c1-2-4-10(5-3-1)12-8-6-11-7-9-12;8-6-3-1-5(2-4-6)7(9)10/h1-5,11H,6-9H2;1-4H,8H2,(H,9,10). The van der Waals surface area contributed by atoms with Gasteiger partial charge >= 0.3 is 5.97 Å². The Bertz CT molecular complexity index is 579. The molecule has 2 aromatic carbocycles. The SMILES string of the molecule is Nc1ccc(C(=O)O)cc1.c1ccc(N2CCNCC2)cc1. The first-order chi connectivity index (χ1) is 10.7. The van der Waals surface area contributed by atoms with Crippen LogP contribution in [-0.2, 0) is 0 Å². The average Bonchev–Trinajstić information content (AvgIpc) is 2.57. The van der Waals surface area contributed by atoms with E-state index in [1.165, 1.54) is 17.8 Å². The highest BCUT2D eigenvalue weighted by Gasteiger charge is 2.08. The Hall–Kier alpha value is -2.53. The molecule has 0 atom stereocenters. The molecule has 1 aliphatic heterocycles. The number of nitrogens with two attached hydrogens (primary N) is 1. The summed E-state index contributed by atoms with van der Waals surface area (Å²) in [5, 5.41) is 11.8. The second-order valence-electron chi connectivity index (χ2n) is 5.00. The molecule has 1 fully saturated rings. The number of hydrogen-bond acceptors (Lipinski definition) is 4. The van der Waals surface area contributed by atoms with Crippen molar-refractivity contribution >= 4 is 17.3 Å². The van der Waals surface area contributed by atoms with E-state index >= 15 is 0 Å². The van der Waals surface area contributed by atoms with Gasteiger partial charge in [-0.25, -0.2) is 4.79 Å². The van der Waals surface area contributed by atoms with Gasteiger partial charge in [-0.3, -0.25) is 0 Å². The minimum atomic E-state index is -0.931. The van der Waals surface area contributed by atoms with Crippen LogP contribution in [0.1, 0.15) is 10.4 Å². The fourth-order valence-electron chi connectivity index (χ4n) is 2.19. The normalized spacial score (nSPS) is 13.9. The summed E-state index contributed by atoms with van der Waals surface area (Å²) < 4.78 is 0. The lowest BCUT2D eigenvalue weighted by molar-refractivity contribution is 0.0697. The smallest absolute Gasteiger partial charge is 0.335 e. The maximum Gasteiger partial charge on any atom is 0.335 e. The van der Waals surface area contributed by atoms with Gasteiger partial charge in [0, 0.05) is 37.6 Å². The molecule has 22 heavy (non-hydrogen) atoms. The minimum Gasteiger partial charge on any atom is -0.478 e. The molecule has 5 heteroatoms. The molecule has 116 valence electrons. The number of piperazine rings is 1. The van der Waals surface area contributed by atoms with E-state index in [1.54, 1.807) is 12.1 Å². The van der Waals surface area contributed by atoms with Crippen molar-refractivity contribution in [3.63, 3.8) is 0 Å². The first kappa shape index (κ1) is 15.9. The molecule has 0 spiro atoms. The van der Waals surface area contributed by atoms with Gasteiger partial charge in [-0.1, -0.05) is 18.2 Å². The van der Waals surface area contributed by atoms with Crippen LogP contribution in [0.3, 0.4) is 0 Å². The van der Waals surface area contributed by atoms with Gasteiger partial charge in [-0.2, -0.15) is 0 Å². The second-order valence-corrected chi connectivity index (χ2v) is 5.00. The number of benzene rings is 2. The molecule has 0 radical (unpaired) electrons. The molecule has 3 rings (SSSR count). The van der Waals surface area contributed by atoms with E-state index in [1.807, 2.05) is 0 Å². The van der Waals surface area contributed by atoms with E-state index in [2.05, 4.69) is 40.5 Å². The van der Waals surface area contributed by atoms with Crippen LogP contribution >= 0.6 is 0 Å². The summed E-state index contributed by atoms with van der Waals surface area (Å²) in [7, 11) is 0. The number of nitrogens with zero attached hydrogens (tertiary/aromatic N) is 1. The molecular weight excluding hydrogens is 278 g/mol. The van der Waals surface area contributed by atoms with Crippen molar-refractivity contribution in [1.82, 2.24) is 5.32 Å². The fraction of sp³-hybridized carbons (Fsp3) is 0.235. The number of nitrogens with one attached hydrogen (secondary N) is 1. The Kier molecular flexibility index (Phi) is 5.80. The van der Waals surface area contributed by atoms with Gasteiger partial charge in [0.25, 0.3) is 0 Å². The molecule has 2 aromatic rings. The number of carboxylic acid groups (broad SMARTS) is 1. The maximum absolute atomic E-state index is 10.3. The minimum absolute atomic E-state index is 0.259. The summed E-state index contributed by atoms with van der Waals surface area (Å²) in [6, 6.07) is 16.7. The predicted octanol–water partition coefficient (Wildman–Crippen LogP) is 2.06. The topological polar surface area (TPSA) is 78.6 Å². The lowest BCUT2D eigenvalue weighted by atomic mass is 10.2. The third-order valence-electron chi connectivity index (χ3n) is 3.40. The Morgan fingerprint density at radius 2 is 1.59 bits per heavy atom. The van der Waals surface area contributed by atoms with Crippen molar-refractivity contribution in [3.05, 3.63) is 60.2 Å². The van der Waals surface area contributed by atoms with E-state index < -0.39 is 5.97 Å². The van der Waals surface area contributed by atoms with Crippen LogP contribution < -0.4 is 16.0 Å². The van der Waals surface area contributed by atoms with Crippen molar-refractivity contribution < 1.29 is 9.90 Å². The van der Waals surface area contributed by atoms with E-state index in [4.69, 9.17) is 10.8 Å². The zero-order chi connectivity index (χ0) is 15.8. The Morgan fingerprint density at radius 3 is 2.14 bits per heavy atom. The Labute approximate surface area is 130 Å². The summed E-state index contributed by atoms with van der Waals surface area (Å²) in [5.74, 6) is -0.931. The lowest BCUT2D eigenvalue weighted by Crippen LogP contribution is -2.43. The zero-order valence-corrected chi connectivity index (χ0v) is 12.4. The van der Waals surface area contributed by atoms with Crippen LogP contribution in [0.5, 0.6) is 0 Å². The van der Waals surface area contributed by atoms with E-state index in [9.17, 15) is 4.79 Å². The van der Waals surface area contributed by atoms with Gasteiger partial charge in [-0.15, -0.1) is 0 Å². The van der Waals surface area contributed by atoms with Crippen molar-refractivity contribution in [3.8, 4) is 0 Å². The van der Waals surface area contributed by atoms with E-state index in [0.717, 1.165) is 26.2 Å². The summed E-state index contributed by atoms with van der Waals surface area (Å²) >= 11 is 0. The van der Waals surface area contributed by atoms with Crippen LogP contribution in [0.4, 0.5) is 11.4 Å². The Balaban J connectivity index is 0.000000164. The van der Waals surface area contributed by atoms with Crippen LogP contribution in [-0.4, -0.2) is 37.3 Å². The number of hydrogen-bond donors (Lipinski definition) is 3. The lowest BCUT2D eigenvalue weighted by Gasteiger charge is -2.29. The van der Waals surface area contributed by atoms with E-state index in [0.29, 0.717) is 5.69 Å². The molecule has 4 N–H and O–H groups in total. The molecule has 0 saturated carbocycles.